The minimum Gasteiger partial charge on any atom is -0.435 e. The second-order valence-corrected chi connectivity index (χ2v) is 12.2. The van der Waals surface area contributed by atoms with E-state index in [0.717, 1.165) is 16.7 Å². The van der Waals surface area contributed by atoms with Gasteiger partial charge >= 0.3 is 0 Å². The SMILES string of the molecule is Fc1ccccc1Nc1nc(Nc2ccccc2F)nc(-c2cn(-c3ccc(-c4nc(-c5ccc(Cl)cc5)c(-c5ccc(Cl)cc5)o4)cc3)nn2)n1. The number of para-hydroxylation sites is 2. The van der Waals surface area contributed by atoms with Crippen LogP contribution >= 0.6 is 23.2 Å². The molecular weight excluding hydrogens is 707 g/mol. The standard InChI is InChI=1S/C38H23Cl2F2N9O/c39-25-15-9-22(10-16-25)33-34(23-11-17-26(40)18-12-23)52-36(45-33)24-13-19-27(20-14-24)51-21-32(49-50-51)35-46-37(43-30-7-3-1-5-28(30)41)48-38(47-35)44-31-8-4-2-6-29(31)42/h1-21H,(H2,43,44,46,47,48). The second kappa shape index (κ2) is 14.0. The van der Waals surface area contributed by atoms with Gasteiger partial charge in [0.05, 0.1) is 23.3 Å². The maximum atomic E-state index is 14.5. The van der Waals surface area contributed by atoms with E-state index in [1.807, 2.05) is 48.5 Å². The van der Waals surface area contributed by atoms with Crippen molar-refractivity contribution in [2.24, 2.45) is 0 Å². The Balaban J connectivity index is 1.10. The van der Waals surface area contributed by atoms with Crippen molar-refractivity contribution >= 4 is 46.5 Å². The molecule has 14 heteroatoms. The summed E-state index contributed by atoms with van der Waals surface area (Å²) < 4.78 is 36.9. The number of halogens is 4. The molecule has 0 aliphatic carbocycles. The largest absolute Gasteiger partial charge is 0.435 e. The Kier molecular flexibility index (Phi) is 8.81. The highest BCUT2D eigenvalue weighted by Crippen LogP contribution is 2.37. The van der Waals surface area contributed by atoms with Crippen molar-refractivity contribution in [1.82, 2.24) is 34.9 Å². The molecule has 0 fully saturated rings. The van der Waals surface area contributed by atoms with Gasteiger partial charge < -0.3 is 15.1 Å². The minimum atomic E-state index is -0.505. The molecule has 0 radical (unpaired) electrons. The van der Waals surface area contributed by atoms with Gasteiger partial charge in [-0.15, -0.1) is 5.10 Å². The van der Waals surface area contributed by atoms with Gasteiger partial charge in [-0.25, -0.2) is 18.4 Å². The number of hydrogen-bond acceptors (Lipinski definition) is 9. The summed E-state index contributed by atoms with van der Waals surface area (Å²) in [6, 6.07) is 34.3. The zero-order valence-electron chi connectivity index (χ0n) is 26.7. The number of oxazole rings is 1. The zero-order valence-corrected chi connectivity index (χ0v) is 28.2. The molecule has 5 aromatic carbocycles. The lowest BCUT2D eigenvalue weighted by atomic mass is 10.1. The molecule has 0 bridgehead atoms. The molecule has 0 unspecified atom stereocenters. The van der Waals surface area contributed by atoms with Gasteiger partial charge in [0.2, 0.25) is 17.8 Å². The van der Waals surface area contributed by atoms with Gasteiger partial charge in [-0.2, -0.15) is 15.0 Å². The normalized spacial score (nSPS) is 11.1. The fourth-order valence-corrected chi connectivity index (χ4v) is 5.51. The van der Waals surface area contributed by atoms with Gasteiger partial charge in [-0.3, -0.25) is 0 Å². The van der Waals surface area contributed by atoms with E-state index in [9.17, 15) is 8.78 Å². The van der Waals surface area contributed by atoms with E-state index in [-0.39, 0.29) is 34.8 Å². The lowest BCUT2D eigenvalue weighted by Crippen LogP contribution is -2.07. The molecule has 0 aliphatic heterocycles. The molecule has 0 saturated carbocycles. The third kappa shape index (κ3) is 6.93. The van der Waals surface area contributed by atoms with E-state index in [1.54, 1.807) is 59.4 Å². The van der Waals surface area contributed by atoms with Crippen molar-refractivity contribution in [3.8, 4) is 51.2 Å². The first kappa shape index (κ1) is 32.7. The summed E-state index contributed by atoms with van der Waals surface area (Å²) in [6.07, 6.45) is 1.63. The van der Waals surface area contributed by atoms with Crippen molar-refractivity contribution < 1.29 is 13.2 Å². The summed E-state index contributed by atoms with van der Waals surface area (Å²) in [4.78, 5) is 18.1. The van der Waals surface area contributed by atoms with E-state index >= 15 is 0 Å². The fourth-order valence-electron chi connectivity index (χ4n) is 5.26. The van der Waals surface area contributed by atoms with Crippen LogP contribution in [0.5, 0.6) is 0 Å². The smallest absolute Gasteiger partial charge is 0.232 e. The number of hydrogen-bond donors (Lipinski definition) is 2. The second-order valence-electron chi connectivity index (χ2n) is 11.3. The van der Waals surface area contributed by atoms with Crippen molar-refractivity contribution in [1.29, 1.82) is 0 Å². The van der Waals surface area contributed by atoms with Crippen LogP contribution in [0.15, 0.2) is 132 Å². The minimum absolute atomic E-state index is 0.00901. The monoisotopic (exact) mass is 729 g/mol. The van der Waals surface area contributed by atoms with Gasteiger partial charge in [0.15, 0.2) is 17.3 Å². The Bertz CT molecular complexity index is 2390. The van der Waals surface area contributed by atoms with Crippen LogP contribution < -0.4 is 10.6 Å². The first-order chi connectivity index (χ1) is 25.4. The van der Waals surface area contributed by atoms with Crippen LogP contribution in [0.3, 0.4) is 0 Å². The molecular formula is C38H23Cl2F2N9O. The Morgan fingerprint density at radius 3 is 1.69 bits per heavy atom. The Hall–Kier alpha value is -6.50. The van der Waals surface area contributed by atoms with E-state index in [0.29, 0.717) is 33.1 Å². The molecule has 0 atom stereocenters. The van der Waals surface area contributed by atoms with E-state index in [1.165, 1.54) is 24.3 Å². The molecule has 10 nitrogen and oxygen atoms in total. The summed E-state index contributed by atoms with van der Waals surface area (Å²) in [5.74, 6) is 0.119. The number of nitrogens with one attached hydrogen (secondary N) is 2. The van der Waals surface area contributed by atoms with E-state index in [4.69, 9.17) is 32.6 Å². The maximum absolute atomic E-state index is 14.5. The van der Waals surface area contributed by atoms with Crippen LogP contribution in [0.1, 0.15) is 0 Å². The predicted octanol–water partition coefficient (Wildman–Crippen LogP) is 10.2. The Labute approximate surface area is 304 Å². The van der Waals surface area contributed by atoms with Crippen LogP contribution in [-0.4, -0.2) is 34.9 Å². The summed E-state index contributed by atoms with van der Waals surface area (Å²) in [7, 11) is 0. The van der Waals surface area contributed by atoms with Crippen LogP contribution in [0.2, 0.25) is 10.0 Å². The first-order valence-electron chi connectivity index (χ1n) is 15.7. The van der Waals surface area contributed by atoms with Crippen molar-refractivity contribution in [3.63, 3.8) is 0 Å². The number of anilines is 4. The summed E-state index contributed by atoms with van der Waals surface area (Å²) >= 11 is 12.3. The van der Waals surface area contributed by atoms with Gasteiger partial charge in [0, 0.05) is 26.7 Å². The van der Waals surface area contributed by atoms with Crippen molar-refractivity contribution in [2.75, 3.05) is 10.6 Å². The third-order valence-electron chi connectivity index (χ3n) is 7.83. The zero-order chi connectivity index (χ0) is 35.6. The van der Waals surface area contributed by atoms with Crippen molar-refractivity contribution in [2.45, 2.75) is 0 Å². The number of nitrogens with zero attached hydrogens (tertiary/aromatic N) is 7. The van der Waals surface area contributed by atoms with Gasteiger partial charge in [0.1, 0.15) is 17.3 Å². The van der Waals surface area contributed by atoms with Gasteiger partial charge in [0.25, 0.3) is 0 Å². The van der Waals surface area contributed by atoms with Gasteiger partial charge in [-0.1, -0.05) is 64.8 Å². The molecule has 0 spiro atoms. The molecule has 254 valence electrons. The fraction of sp³-hybridized carbons (Fsp3) is 0. The highest BCUT2D eigenvalue weighted by Gasteiger charge is 2.19. The molecule has 8 rings (SSSR count). The first-order valence-corrected chi connectivity index (χ1v) is 16.5. The molecule has 0 aliphatic rings. The average molecular weight is 731 g/mol. The highest BCUT2D eigenvalue weighted by atomic mass is 35.5. The lowest BCUT2D eigenvalue weighted by molar-refractivity contribution is 0.589. The lowest BCUT2D eigenvalue weighted by Gasteiger charge is -2.10. The predicted molar refractivity (Wildman–Crippen MR) is 196 cm³/mol. The van der Waals surface area contributed by atoms with E-state index < -0.39 is 11.6 Å². The summed E-state index contributed by atoms with van der Waals surface area (Å²) in [5.41, 5.74) is 4.29. The molecule has 52 heavy (non-hydrogen) atoms. The number of rotatable bonds is 9. The molecule has 8 aromatic rings. The summed E-state index contributed by atoms with van der Waals surface area (Å²) in [5, 5.41) is 15.5. The van der Waals surface area contributed by atoms with Crippen LogP contribution in [0.25, 0.3) is 51.2 Å². The Morgan fingerprint density at radius 1 is 0.577 bits per heavy atom. The number of aromatic nitrogens is 7. The Morgan fingerprint density at radius 2 is 1.12 bits per heavy atom. The van der Waals surface area contributed by atoms with Crippen molar-refractivity contribution in [3.05, 3.63) is 149 Å². The van der Waals surface area contributed by atoms with Crippen LogP contribution in [0.4, 0.5) is 32.1 Å². The van der Waals surface area contributed by atoms with Crippen LogP contribution in [0, 0.1) is 11.6 Å². The van der Waals surface area contributed by atoms with E-state index in [2.05, 4.69) is 35.9 Å². The van der Waals surface area contributed by atoms with Crippen LogP contribution in [-0.2, 0) is 0 Å². The quantitative estimate of drug-likeness (QED) is 0.150. The molecule has 0 amide bonds. The number of benzene rings is 5. The highest BCUT2D eigenvalue weighted by molar-refractivity contribution is 6.31. The molecule has 3 aromatic heterocycles. The molecule has 2 N–H and O–H groups in total. The maximum Gasteiger partial charge on any atom is 0.232 e. The van der Waals surface area contributed by atoms with Gasteiger partial charge in [-0.05, 0) is 84.9 Å². The average Bonchev–Trinajstić information content (AvgIpc) is 3.84. The molecule has 0 saturated heterocycles. The topological polar surface area (TPSA) is 119 Å². The summed E-state index contributed by atoms with van der Waals surface area (Å²) in [6.45, 7) is 0. The molecule has 3 heterocycles. The third-order valence-corrected chi connectivity index (χ3v) is 8.33.